The van der Waals surface area contributed by atoms with Crippen LogP contribution in [0.3, 0.4) is 0 Å². The molecule has 6 heteroatoms. The second-order valence-electron chi connectivity index (χ2n) is 32.6. The average molecular weight is 1320 g/mol. The van der Waals surface area contributed by atoms with Gasteiger partial charge in [-0.1, -0.05) is 261 Å². The Balaban J connectivity index is 0.996. The molecule has 486 valence electrons. The van der Waals surface area contributed by atoms with Crippen molar-refractivity contribution in [2.45, 2.75) is 124 Å². The highest BCUT2D eigenvalue weighted by molar-refractivity contribution is 7.26. The predicted molar refractivity (Wildman–Crippen MR) is 432 cm³/mol. The van der Waals surface area contributed by atoms with Crippen LogP contribution in [0, 0.1) is 0 Å². The molecule has 0 spiro atoms. The number of thiophene rings is 2. The van der Waals surface area contributed by atoms with Crippen LogP contribution in [0.25, 0.3) is 85.2 Å². The molecule has 12 aromatic carbocycles. The van der Waals surface area contributed by atoms with Crippen molar-refractivity contribution in [3.05, 3.63) is 288 Å². The van der Waals surface area contributed by atoms with Crippen LogP contribution in [0.5, 0.6) is 0 Å². The van der Waals surface area contributed by atoms with Crippen molar-refractivity contribution >= 4 is 117 Å². The Hall–Kier alpha value is -9.72. The van der Waals surface area contributed by atoms with Crippen LogP contribution in [0.15, 0.2) is 255 Å². The van der Waals surface area contributed by atoms with Crippen LogP contribution >= 0.6 is 22.7 Å². The molecule has 14 aromatic rings. The number of benzene rings is 12. The summed E-state index contributed by atoms with van der Waals surface area (Å²) in [6, 6.07) is 98.7. The zero-order valence-electron chi connectivity index (χ0n) is 59.5. The molecule has 99 heavy (non-hydrogen) atoms. The molecule has 0 radical (unpaired) electrons. The van der Waals surface area contributed by atoms with Gasteiger partial charge in [-0.05, 0) is 190 Å². The molecule has 2 aromatic heterocycles. The average Bonchev–Trinajstić information content (AvgIpc) is 1.67. The maximum atomic E-state index is 2.78. The van der Waals surface area contributed by atoms with Crippen molar-refractivity contribution in [2.75, 3.05) is 14.6 Å². The van der Waals surface area contributed by atoms with Gasteiger partial charge < -0.3 is 14.6 Å². The largest absolute Gasteiger partial charge is 0.376 e. The van der Waals surface area contributed by atoms with Crippen LogP contribution in [-0.4, -0.2) is 6.85 Å². The Morgan fingerprint density at radius 3 is 1.43 bits per heavy atom. The van der Waals surface area contributed by atoms with Crippen molar-refractivity contribution in [1.82, 2.24) is 0 Å². The summed E-state index contributed by atoms with van der Waals surface area (Å²) in [5.74, 6) is 0. The Bertz CT molecular complexity index is 5480. The molecule has 0 amide bonds. The first kappa shape index (κ1) is 62.8. The van der Waals surface area contributed by atoms with Gasteiger partial charge in [-0.15, -0.1) is 22.7 Å². The molecular formula is C93H84BN3S2. The molecule has 1 aliphatic carbocycles. The standard InChI is InChI=1S/C93H84BN3S2/c1-89(2,3)60-34-41-64(42-35-60)95(65-43-36-61(37-44-65)90(4,5)6)67-47-48-77-70(51-67)71-52-72-73-53-74-68-32-24-25-33-83(68)98-88(74)85-84(73)94(97(81(72)56-78(71)93(77,13)14)66-45-38-62(39-46-66)91(7,8)9)79-54-75-76(87(59-30-22-17-23-31-59)99-86(75)58-28-20-16-21-29-58)55-82(79)96(85)80-49-40-63(92(10,11)12)50-69(80)57-26-18-15-19-27-57/h15-56H,1-14H3. The van der Waals surface area contributed by atoms with E-state index in [1.54, 1.807) is 0 Å². The fraction of sp³-hybridized carbons (Fsp3) is 0.204. The normalized spacial score (nSPS) is 14.0. The lowest BCUT2D eigenvalue weighted by Gasteiger charge is -2.46. The van der Waals surface area contributed by atoms with Crippen molar-refractivity contribution in [3.63, 3.8) is 0 Å². The first-order valence-electron chi connectivity index (χ1n) is 35.3. The van der Waals surface area contributed by atoms with Gasteiger partial charge in [-0.25, -0.2) is 0 Å². The van der Waals surface area contributed by atoms with E-state index in [0.29, 0.717) is 0 Å². The van der Waals surface area contributed by atoms with Crippen LogP contribution in [0.4, 0.5) is 45.5 Å². The van der Waals surface area contributed by atoms with Crippen molar-refractivity contribution < 1.29 is 0 Å². The van der Waals surface area contributed by atoms with E-state index in [1.165, 1.54) is 152 Å². The highest BCUT2D eigenvalue weighted by Crippen LogP contribution is 2.59. The van der Waals surface area contributed by atoms with Crippen molar-refractivity contribution in [1.29, 1.82) is 0 Å². The number of hydrogen-bond acceptors (Lipinski definition) is 5. The van der Waals surface area contributed by atoms with Gasteiger partial charge in [0.2, 0.25) is 0 Å². The predicted octanol–water partition coefficient (Wildman–Crippen LogP) is 25.9. The first-order chi connectivity index (χ1) is 47.4. The second-order valence-corrected chi connectivity index (χ2v) is 34.6. The topological polar surface area (TPSA) is 9.72 Å². The Morgan fingerprint density at radius 1 is 0.354 bits per heavy atom. The maximum Gasteiger partial charge on any atom is 0.333 e. The fourth-order valence-electron chi connectivity index (χ4n) is 16.2. The maximum absolute atomic E-state index is 2.78. The molecule has 3 aliphatic rings. The number of anilines is 8. The summed E-state index contributed by atoms with van der Waals surface area (Å²) in [4.78, 5) is 10.5. The number of rotatable bonds is 8. The smallest absolute Gasteiger partial charge is 0.333 e. The van der Waals surface area contributed by atoms with Crippen molar-refractivity contribution in [3.8, 4) is 54.3 Å². The van der Waals surface area contributed by atoms with Gasteiger partial charge in [0, 0.05) is 86.7 Å². The summed E-state index contributed by atoms with van der Waals surface area (Å²) in [5.41, 5.74) is 29.4. The van der Waals surface area contributed by atoms with Gasteiger partial charge in [0.25, 0.3) is 0 Å². The summed E-state index contributed by atoms with van der Waals surface area (Å²) in [6.07, 6.45) is 0. The summed E-state index contributed by atoms with van der Waals surface area (Å²) in [6.45, 7) is 32.5. The first-order valence-corrected chi connectivity index (χ1v) is 37.0. The summed E-state index contributed by atoms with van der Waals surface area (Å²) in [5, 5.41) is 5.08. The zero-order chi connectivity index (χ0) is 68.4. The van der Waals surface area contributed by atoms with Gasteiger partial charge in [0.1, 0.15) is 0 Å². The lowest BCUT2D eigenvalue weighted by atomic mass is 9.43. The monoisotopic (exact) mass is 1320 g/mol. The van der Waals surface area contributed by atoms with Gasteiger partial charge >= 0.3 is 6.85 Å². The van der Waals surface area contributed by atoms with Gasteiger partial charge in [0.05, 0.1) is 16.1 Å². The highest BCUT2D eigenvalue weighted by Gasteiger charge is 2.49. The second kappa shape index (κ2) is 22.7. The van der Waals surface area contributed by atoms with Gasteiger partial charge in [0.15, 0.2) is 0 Å². The molecule has 0 saturated carbocycles. The number of nitrogens with zero attached hydrogens (tertiary/aromatic N) is 3. The summed E-state index contributed by atoms with van der Waals surface area (Å²) >= 11 is 3.86. The minimum absolute atomic E-state index is 0.0188. The van der Waals surface area contributed by atoms with E-state index >= 15 is 0 Å². The molecule has 0 N–H and O–H groups in total. The molecule has 0 fully saturated rings. The van der Waals surface area contributed by atoms with E-state index < -0.39 is 0 Å². The highest BCUT2D eigenvalue weighted by atomic mass is 32.1. The lowest BCUT2D eigenvalue weighted by molar-refractivity contribution is 0.590. The molecule has 0 unspecified atom stereocenters. The molecule has 4 heterocycles. The van der Waals surface area contributed by atoms with Gasteiger partial charge in [-0.2, -0.15) is 0 Å². The van der Waals surface area contributed by atoms with E-state index in [1.807, 2.05) is 22.7 Å². The SMILES string of the molecule is CC(C)(C)c1ccc(N2B3c4cc5c(-c6ccccc6)sc(-c6ccccc6)c5cc4N(c4ccc(C(C)(C)C)cc4-c4ccccc4)c4c3c(cc3c4sc4ccccc43)-c3cc4c(cc32)C(C)(C)c2ccc(N(c3ccc(C(C)(C)C)cc3)c3ccc(C(C)(C)C)cc3)cc2-4)cc1. The Kier molecular flexibility index (Phi) is 14.4. The van der Waals surface area contributed by atoms with E-state index in [-0.39, 0.29) is 33.9 Å². The molecule has 0 bridgehead atoms. The third-order valence-corrected chi connectivity index (χ3v) is 24.2. The van der Waals surface area contributed by atoms with E-state index in [4.69, 9.17) is 0 Å². The Morgan fingerprint density at radius 2 is 0.859 bits per heavy atom. The third kappa shape index (κ3) is 10.2. The minimum Gasteiger partial charge on any atom is -0.376 e. The van der Waals surface area contributed by atoms with Crippen LogP contribution < -0.4 is 25.5 Å². The molecule has 0 atom stereocenters. The molecule has 2 aliphatic heterocycles. The van der Waals surface area contributed by atoms with Crippen molar-refractivity contribution in [2.24, 2.45) is 0 Å². The van der Waals surface area contributed by atoms with E-state index in [0.717, 1.165) is 22.7 Å². The lowest BCUT2D eigenvalue weighted by Crippen LogP contribution is -2.61. The quantitative estimate of drug-likeness (QED) is 0.140. The van der Waals surface area contributed by atoms with Crippen LogP contribution in [-0.2, 0) is 27.1 Å². The fourth-order valence-corrected chi connectivity index (χ4v) is 18.7. The third-order valence-electron chi connectivity index (χ3n) is 21.7. The van der Waals surface area contributed by atoms with Gasteiger partial charge in [-0.3, -0.25) is 0 Å². The van der Waals surface area contributed by atoms with E-state index in [9.17, 15) is 0 Å². The molecule has 0 saturated heterocycles. The van der Waals surface area contributed by atoms with E-state index in [2.05, 4.69) is 366 Å². The zero-order valence-corrected chi connectivity index (χ0v) is 61.1. The minimum atomic E-state index is -0.345. The van der Waals surface area contributed by atoms with Crippen LogP contribution in [0.2, 0.25) is 0 Å². The Labute approximate surface area is 593 Å². The summed E-state index contributed by atoms with van der Waals surface area (Å²) in [7, 11) is 0. The molecular weight excluding hydrogens is 1230 g/mol. The molecule has 3 nitrogen and oxygen atoms in total. The van der Waals surface area contributed by atoms with Crippen LogP contribution in [0.1, 0.15) is 130 Å². The molecule has 17 rings (SSSR count). The number of hydrogen-bond donors (Lipinski definition) is 0. The number of fused-ring (bicyclic) bond motifs is 12. The summed E-state index contributed by atoms with van der Waals surface area (Å²) < 4.78 is 2.57.